The van der Waals surface area contributed by atoms with Crippen LogP contribution in [0, 0.1) is 6.92 Å². The Bertz CT molecular complexity index is 652. The maximum absolute atomic E-state index is 11.8. The van der Waals surface area contributed by atoms with Gasteiger partial charge in [0.2, 0.25) is 0 Å². The van der Waals surface area contributed by atoms with Crippen LogP contribution in [0.4, 0.5) is 5.82 Å². The van der Waals surface area contributed by atoms with E-state index in [4.69, 9.17) is 0 Å². The zero-order valence-corrected chi connectivity index (χ0v) is 12.6. The monoisotopic (exact) mass is 300 g/mol. The van der Waals surface area contributed by atoms with Crippen molar-refractivity contribution in [2.75, 3.05) is 18.4 Å². The number of anilines is 1. The number of aryl methyl sites for hydroxylation is 2. The van der Waals surface area contributed by atoms with Crippen LogP contribution in [0.5, 0.6) is 0 Å². The minimum absolute atomic E-state index is 0.153. The molecule has 0 bridgehead atoms. The lowest BCUT2D eigenvalue weighted by atomic mass is 9.96. The van der Waals surface area contributed by atoms with Gasteiger partial charge >= 0.3 is 0 Å². The standard InChI is InChI=1S/C15H20N6O/c1-10-19-12-5-3-2-4-11(12)14(20-10)16-8-9-17-15(22)13-6-7-18-21-13/h6-7H,2-5,8-9H2,1H3,(H,17,22)(H,18,21)(H,16,19,20). The number of aromatic amines is 1. The van der Waals surface area contributed by atoms with Gasteiger partial charge in [-0.3, -0.25) is 9.89 Å². The molecule has 3 N–H and O–H groups in total. The first-order valence-corrected chi connectivity index (χ1v) is 7.62. The van der Waals surface area contributed by atoms with Crippen LogP contribution in [0.2, 0.25) is 0 Å². The Morgan fingerprint density at radius 2 is 2.14 bits per heavy atom. The van der Waals surface area contributed by atoms with Crippen molar-refractivity contribution in [2.45, 2.75) is 32.6 Å². The van der Waals surface area contributed by atoms with E-state index >= 15 is 0 Å². The van der Waals surface area contributed by atoms with Crippen molar-refractivity contribution >= 4 is 11.7 Å². The second kappa shape index (κ2) is 6.55. The molecule has 1 amide bonds. The Morgan fingerprint density at radius 1 is 1.27 bits per heavy atom. The largest absolute Gasteiger partial charge is 0.368 e. The normalized spacial score (nSPS) is 13.5. The average Bonchev–Trinajstić information content (AvgIpc) is 3.05. The molecule has 2 aromatic rings. The van der Waals surface area contributed by atoms with Crippen LogP contribution in [-0.2, 0) is 12.8 Å². The molecule has 0 fully saturated rings. The number of amides is 1. The molecule has 0 atom stereocenters. The third kappa shape index (κ3) is 3.24. The van der Waals surface area contributed by atoms with Gasteiger partial charge in [0.1, 0.15) is 17.3 Å². The third-order valence-corrected chi connectivity index (χ3v) is 3.74. The molecule has 2 heterocycles. The lowest BCUT2D eigenvalue weighted by Gasteiger charge is -2.19. The average molecular weight is 300 g/mol. The summed E-state index contributed by atoms with van der Waals surface area (Å²) in [5, 5.41) is 12.6. The Balaban J connectivity index is 1.55. The number of carbonyl (C=O) groups is 1. The first-order chi connectivity index (χ1) is 10.7. The van der Waals surface area contributed by atoms with Gasteiger partial charge in [-0.2, -0.15) is 5.10 Å². The van der Waals surface area contributed by atoms with Crippen LogP contribution in [0.1, 0.15) is 40.4 Å². The summed E-state index contributed by atoms with van der Waals surface area (Å²) in [6.07, 6.45) is 6.00. The van der Waals surface area contributed by atoms with E-state index in [-0.39, 0.29) is 5.91 Å². The Hall–Kier alpha value is -2.44. The molecule has 7 heteroatoms. The first-order valence-electron chi connectivity index (χ1n) is 7.62. The molecule has 22 heavy (non-hydrogen) atoms. The van der Waals surface area contributed by atoms with Crippen LogP contribution in [0.15, 0.2) is 12.3 Å². The molecule has 7 nitrogen and oxygen atoms in total. The highest BCUT2D eigenvalue weighted by molar-refractivity contribution is 5.92. The molecule has 0 spiro atoms. The van der Waals surface area contributed by atoms with Crippen LogP contribution < -0.4 is 10.6 Å². The first kappa shape index (κ1) is 14.5. The molecule has 1 aliphatic rings. The second-order valence-electron chi connectivity index (χ2n) is 5.40. The van der Waals surface area contributed by atoms with E-state index in [0.717, 1.165) is 24.5 Å². The molecule has 0 saturated heterocycles. The lowest BCUT2D eigenvalue weighted by molar-refractivity contribution is 0.0950. The van der Waals surface area contributed by atoms with Crippen LogP contribution in [0.3, 0.4) is 0 Å². The molecule has 3 rings (SSSR count). The number of rotatable bonds is 5. The minimum atomic E-state index is -0.153. The zero-order chi connectivity index (χ0) is 15.4. The summed E-state index contributed by atoms with van der Waals surface area (Å²) < 4.78 is 0. The number of nitrogens with one attached hydrogen (secondary N) is 3. The molecular weight excluding hydrogens is 280 g/mol. The predicted octanol–water partition coefficient (Wildman–Crippen LogP) is 1.23. The van der Waals surface area contributed by atoms with Gasteiger partial charge in [-0.1, -0.05) is 0 Å². The number of fused-ring (bicyclic) bond motifs is 1. The zero-order valence-electron chi connectivity index (χ0n) is 12.6. The fourth-order valence-corrected chi connectivity index (χ4v) is 2.70. The summed E-state index contributed by atoms with van der Waals surface area (Å²) in [6.45, 7) is 3.07. The van der Waals surface area contributed by atoms with Crippen molar-refractivity contribution in [2.24, 2.45) is 0 Å². The molecular formula is C15H20N6O. The second-order valence-corrected chi connectivity index (χ2v) is 5.40. The van der Waals surface area contributed by atoms with Crippen molar-refractivity contribution in [3.05, 3.63) is 35.0 Å². The number of carbonyl (C=O) groups excluding carboxylic acids is 1. The minimum Gasteiger partial charge on any atom is -0.368 e. The van der Waals surface area contributed by atoms with Gasteiger partial charge in [0.25, 0.3) is 5.91 Å². The van der Waals surface area contributed by atoms with Gasteiger partial charge < -0.3 is 10.6 Å². The SMILES string of the molecule is Cc1nc2c(c(NCCNC(=O)c3ccn[nH]3)n1)CCCC2. The van der Waals surface area contributed by atoms with Gasteiger partial charge in [0, 0.05) is 30.5 Å². The van der Waals surface area contributed by atoms with Gasteiger partial charge in [0.05, 0.1) is 0 Å². The number of hydrogen-bond acceptors (Lipinski definition) is 5. The van der Waals surface area contributed by atoms with Crippen molar-refractivity contribution in [1.82, 2.24) is 25.5 Å². The molecule has 0 saturated carbocycles. The predicted molar refractivity (Wildman–Crippen MR) is 82.8 cm³/mol. The highest BCUT2D eigenvalue weighted by Gasteiger charge is 2.16. The maximum Gasteiger partial charge on any atom is 0.269 e. The van der Waals surface area contributed by atoms with Crippen LogP contribution in [0.25, 0.3) is 0 Å². The van der Waals surface area contributed by atoms with Crippen molar-refractivity contribution < 1.29 is 4.79 Å². The van der Waals surface area contributed by atoms with E-state index in [1.807, 2.05) is 6.92 Å². The number of H-pyrrole nitrogens is 1. The highest BCUT2D eigenvalue weighted by Crippen LogP contribution is 2.25. The Kier molecular flexibility index (Phi) is 4.32. The Labute approximate surface area is 129 Å². The van der Waals surface area contributed by atoms with Gasteiger partial charge in [-0.25, -0.2) is 9.97 Å². The van der Waals surface area contributed by atoms with E-state index in [0.29, 0.717) is 18.8 Å². The quantitative estimate of drug-likeness (QED) is 0.722. The molecule has 2 aromatic heterocycles. The Morgan fingerprint density at radius 3 is 2.95 bits per heavy atom. The van der Waals surface area contributed by atoms with E-state index in [9.17, 15) is 4.79 Å². The maximum atomic E-state index is 11.8. The van der Waals surface area contributed by atoms with Crippen LogP contribution >= 0.6 is 0 Å². The summed E-state index contributed by atoms with van der Waals surface area (Å²) in [5.74, 6) is 1.56. The topological polar surface area (TPSA) is 95.6 Å². The summed E-state index contributed by atoms with van der Waals surface area (Å²) in [5.41, 5.74) is 2.87. The third-order valence-electron chi connectivity index (χ3n) is 3.74. The molecule has 0 aromatic carbocycles. The summed E-state index contributed by atoms with van der Waals surface area (Å²) in [7, 11) is 0. The fourth-order valence-electron chi connectivity index (χ4n) is 2.70. The highest BCUT2D eigenvalue weighted by atomic mass is 16.1. The van der Waals surface area contributed by atoms with Gasteiger partial charge in [-0.05, 0) is 38.7 Å². The smallest absolute Gasteiger partial charge is 0.269 e. The van der Waals surface area contributed by atoms with E-state index in [1.54, 1.807) is 12.3 Å². The molecule has 1 aliphatic carbocycles. The number of aromatic nitrogens is 4. The fraction of sp³-hybridized carbons (Fsp3) is 0.467. The molecule has 116 valence electrons. The summed E-state index contributed by atoms with van der Waals surface area (Å²) in [4.78, 5) is 20.8. The molecule has 0 unspecified atom stereocenters. The van der Waals surface area contributed by atoms with Crippen molar-refractivity contribution in [3.63, 3.8) is 0 Å². The summed E-state index contributed by atoms with van der Waals surface area (Å²) in [6, 6.07) is 1.65. The molecule has 0 radical (unpaired) electrons. The number of hydrogen-bond donors (Lipinski definition) is 3. The number of nitrogens with zero attached hydrogens (tertiary/aromatic N) is 3. The van der Waals surface area contributed by atoms with Gasteiger partial charge in [-0.15, -0.1) is 0 Å². The van der Waals surface area contributed by atoms with E-state index < -0.39 is 0 Å². The van der Waals surface area contributed by atoms with Gasteiger partial charge in [0.15, 0.2) is 0 Å². The van der Waals surface area contributed by atoms with Crippen LogP contribution in [-0.4, -0.2) is 39.2 Å². The molecule has 0 aliphatic heterocycles. The lowest BCUT2D eigenvalue weighted by Crippen LogP contribution is -2.29. The van der Waals surface area contributed by atoms with E-state index in [1.165, 1.54) is 24.1 Å². The van der Waals surface area contributed by atoms with Crippen molar-refractivity contribution in [1.29, 1.82) is 0 Å². The summed E-state index contributed by atoms with van der Waals surface area (Å²) >= 11 is 0. The van der Waals surface area contributed by atoms with E-state index in [2.05, 4.69) is 30.8 Å². The van der Waals surface area contributed by atoms with Crippen molar-refractivity contribution in [3.8, 4) is 0 Å².